The van der Waals surface area contributed by atoms with E-state index in [1.807, 2.05) is 25.2 Å². The third-order valence-corrected chi connectivity index (χ3v) is 3.77. The van der Waals surface area contributed by atoms with Crippen molar-refractivity contribution in [2.24, 2.45) is 17.1 Å². The van der Waals surface area contributed by atoms with Gasteiger partial charge in [0.2, 0.25) is 0 Å². The van der Waals surface area contributed by atoms with E-state index in [9.17, 15) is 0 Å². The summed E-state index contributed by atoms with van der Waals surface area (Å²) >= 11 is 0. The highest BCUT2D eigenvalue weighted by Crippen LogP contribution is 2.33. The minimum absolute atomic E-state index is 0.282. The van der Waals surface area contributed by atoms with Crippen molar-refractivity contribution in [3.8, 4) is 0 Å². The van der Waals surface area contributed by atoms with Gasteiger partial charge in [-0.25, -0.2) is 0 Å². The molecule has 1 heteroatoms. The first-order valence-corrected chi connectivity index (χ1v) is 8.21. The normalized spacial score (nSPS) is 16.5. The Morgan fingerprint density at radius 1 is 1.24 bits per heavy atom. The molecule has 0 saturated carbocycles. The highest BCUT2D eigenvalue weighted by atomic mass is 14.6. The van der Waals surface area contributed by atoms with Crippen molar-refractivity contribution >= 4 is 0 Å². The third-order valence-electron chi connectivity index (χ3n) is 3.77. The Morgan fingerprint density at radius 2 is 1.81 bits per heavy atom. The molecule has 0 saturated heterocycles. The molecule has 0 radical (unpaired) electrons. The molecule has 0 spiro atoms. The molecule has 0 amide bonds. The Bertz CT molecular complexity index is 412. The summed E-state index contributed by atoms with van der Waals surface area (Å²) in [5.74, 6) is 0.884. The highest BCUT2D eigenvalue weighted by molar-refractivity contribution is 5.38. The minimum Gasteiger partial charge on any atom is -0.399 e. The van der Waals surface area contributed by atoms with Crippen LogP contribution in [0.4, 0.5) is 0 Å². The fourth-order valence-electron chi connectivity index (χ4n) is 1.81. The van der Waals surface area contributed by atoms with E-state index in [0.717, 1.165) is 24.5 Å². The lowest BCUT2D eigenvalue weighted by Gasteiger charge is -2.26. The quantitative estimate of drug-likeness (QED) is 0.619. The van der Waals surface area contributed by atoms with E-state index in [0.29, 0.717) is 0 Å². The first kappa shape index (κ1) is 19.8. The third kappa shape index (κ3) is 8.60. The van der Waals surface area contributed by atoms with Gasteiger partial charge in [0.05, 0.1) is 0 Å². The topological polar surface area (TPSA) is 26.0 Å². The number of nitrogens with two attached hydrogens (primary N) is 1. The zero-order valence-electron chi connectivity index (χ0n) is 15.2. The van der Waals surface area contributed by atoms with Crippen LogP contribution in [0.1, 0.15) is 67.7 Å². The zero-order valence-corrected chi connectivity index (χ0v) is 15.2. The predicted molar refractivity (Wildman–Crippen MR) is 97.1 cm³/mol. The molecule has 0 fully saturated rings. The summed E-state index contributed by atoms with van der Waals surface area (Å²) in [7, 11) is 0. The Hall–Kier alpha value is -1.24. The summed E-state index contributed by atoms with van der Waals surface area (Å²) in [5.41, 5.74) is 9.94. The van der Waals surface area contributed by atoms with E-state index in [1.54, 1.807) is 0 Å². The lowest BCUT2D eigenvalue weighted by Crippen LogP contribution is -2.13. The van der Waals surface area contributed by atoms with Gasteiger partial charge < -0.3 is 5.73 Å². The second-order valence-electron chi connectivity index (χ2n) is 7.08. The molecule has 21 heavy (non-hydrogen) atoms. The summed E-state index contributed by atoms with van der Waals surface area (Å²) < 4.78 is 0. The van der Waals surface area contributed by atoms with Crippen molar-refractivity contribution in [1.82, 2.24) is 0 Å². The second-order valence-corrected chi connectivity index (χ2v) is 7.08. The van der Waals surface area contributed by atoms with Crippen LogP contribution in [0, 0.1) is 11.3 Å². The Morgan fingerprint density at radius 3 is 2.14 bits per heavy atom. The second kappa shape index (κ2) is 9.65. The van der Waals surface area contributed by atoms with Crippen LogP contribution in [-0.4, -0.2) is 0 Å². The molecule has 1 aliphatic carbocycles. The summed E-state index contributed by atoms with van der Waals surface area (Å²) in [6, 6.07) is 0. The lowest BCUT2D eigenvalue weighted by molar-refractivity contribution is 0.480. The van der Waals surface area contributed by atoms with Gasteiger partial charge >= 0.3 is 0 Å². The molecule has 0 heterocycles. The van der Waals surface area contributed by atoms with E-state index in [2.05, 4.69) is 53.7 Å². The van der Waals surface area contributed by atoms with Gasteiger partial charge in [-0.05, 0) is 42.7 Å². The smallest absolute Gasteiger partial charge is 0.0346 e. The average Bonchev–Trinajstić information content (AvgIpc) is 2.44. The van der Waals surface area contributed by atoms with Crippen molar-refractivity contribution in [2.75, 3.05) is 0 Å². The summed E-state index contributed by atoms with van der Waals surface area (Å²) in [5, 5.41) is 0. The molecule has 1 nitrogen and oxygen atoms in total. The van der Waals surface area contributed by atoms with Gasteiger partial charge in [0.1, 0.15) is 0 Å². The molecular weight excluding hydrogens is 254 g/mol. The van der Waals surface area contributed by atoms with Crippen molar-refractivity contribution in [2.45, 2.75) is 67.7 Å². The number of hydrogen-bond acceptors (Lipinski definition) is 1. The maximum atomic E-state index is 6.00. The van der Waals surface area contributed by atoms with E-state index in [-0.39, 0.29) is 5.41 Å². The van der Waals surface area contributed by atoms with Gasteiger partial charge in [-0.2, -0.15) is 0 Å². The Balaban J connectivity index is 0.000000690. The van der Waals surface area contributed by atoms with E-state index < -0.39 is 0 Å². The summed E-state index contributed by atoms with van der Waals surface area (Å²) in [6.07, 6.45) is 13.8. The van der Waals surface area contributed by atoms with Crippen LogP contribution in [0.3, 0.4) is 0 Å². The standard InChI is InChI=1S/C15H23N.C5H12/c1-5-6-7-14(16)12-8-10-13(11-9-12)15(2,3)4;1-4-5(2)3/h5-8,10H,9,11,16H2,1-4H3;5H,4H2,1-3H3/b6-5-,14-7-;. The minimum atomic E-state index is 0.282. The largest absolute Gasteiger partial charge is 0.399 e. The van der Waals surface area contributed by atoms with Gasteiger partial charge in [-0.3, -0.25) is 0 Å². The molecule has 0 unspecified atom stereocenters. The summed E-state index contributed by atoms with van der Waals surface area (Å²) in [6.45, 7) is 15.4. The molecule has 0 aliphatic heterocycles. The van der Waals surface area contributed by atoms with Gasteiger partial charge in [0.25, 0.3) is 0 Å². The van der Waals surface area contributed by atoms with Crippen molar-refractivity contribution in [3.05, 3.63) is 47.2 Å². The van der Waals surface area contributed by atoms with Crippen LogP contribution < -0.4 is 5.73 Å². The van der Waals surface area contributed by atoms with Gasteiger partial charge in [-0.15, -0.1) is 0 Å². The SMILES string of the molecule is C/C=C\C=C(/N)C1=CC=C(C(C)(C)C)CC1.CCC(C)C. The molecule has 0 aromatic rings. The van der Waals surface area contributed by atoms with Gasteiger partial charge in [0.15, 0.2) is 0 Å². The van der Waals surface area contributed by atoms with Crippen LogP contribution in [0.15, 0.2) is 47.2 Å². The Kier molecular flexibility index (Phi) is 9.08. The van der Waals surface area contributed by atoms with Crippen LogP contribution in [0.5, 0.6) is 0 Å². The summed E-state index contributed by atoms with van der Waals surface area (Å²) in [4.78, 5) is 0. The number of allylic oxidation sites excluding steroid dienone is 7. The lowest BCUT2D eigenvalue weighted by atomic mass is 9.80. The van der Waals surface area contributed by atoms with Crippen molar-refractivity contribution < 1.29 is 0 Å². The molecular formula is C20H35N. The molecule has 1 aliphatic rings. The van der Waals surface area contributed by atoms with Crippen molar-refractivity contribution in [1.29, 1.82) is 0 Å². The van der Waals surface area contributed by atoms with Gasteiger partial charge in [-0.1, -0.05) is 77.8 Å². The number of rotatable bonds is 3. The van der Waals surface area contributed by atoms with Gasteiger partial charge in [0, 0.05) is 5.70 Å². The van der Waals surface area contributed by atoms with E-state index >= 15 is 0 Å². The average molecular weight is 290 g/mol. The van der Waals surface area contributed by atoms with E-state index in [4.69, 9.17) is 5.73 Å². The first-order chi connectivity index (χ1) is 9.72. The van der Waals surface area contributed by atoms with E-state index in [1.165, 1.54) is 17.6 Å². The van der Waals surface area contributed by atoms with Crippen LogP contribution in [0.2, 0.25) is 0 Å². The highest BCUT2D eigenvalue weighted by Gasteiger charge is 2.19. The maximum absolute atomic E-state index is 6.00. The molecule has 0 aromatic heterocycles. The molecule has 2 N–H and O–H groups in total. The van der Waals surface area contributed by atoms with Crippen LogP contribution in [-0.2, 0) is 0 Å². The molecule has 0 aromatic carbocycles. The zero-order chi connectivity index (χ0) is 16.5. The molecule has 0 atom stereocenters. The Labute approximate surface area is 132 Å². The number of hydrogen-bond donors (Lipinski definition) is 1. The predicted octanol–water partition coefficient (Wildman–Crippen LogP) is 6.15. The first-order valence-electron chi connectivity index (χ1n) is 8.21. The molecule has 0 bridgehead atoms. The van der Waals surface area contributed by atoms with Crippen molar-refractivity contribution in [3.63, 3.8) is 0 Å². The molecule has 120 valence electrons. The maximum Gasteiger partial charge on any atom is 0.0346 e. The fourth-order valence-corrected chi connectivity index (χ4v) is 1.81. The molecule has 1 rings (SSSR count). The van der Waals surface area contributed by atoms with Crippen LogP contribution in [0.25, 0.3) is 0 Å². The fraction of sp³-hybridized carbons (Fsp3) is 0.600. The monoisotopic (exact) mass is 289 g/mol. The van der Waals surface area contributed by atoms with Crippen LogP contribution >= 0.6 is 0 Å².